The Morgan fingerprint density at radius 1 is 1.03 bits per heavy atom. The van der Waals surface area contributed by atoms with Crippen LogP contribution in [-0.2, 0) is 17.8 Å². The van der Waals surface area contributed by atoms with Crippen molar-refractivity contribution in [2.24, 2.45) is 0 Å². The van der Waals surface area contributed by atoms with Crippen molar-refractivity contribution < 1.29 is 14.3 Å². The Morgan fingerprint density at radius 2 is 1.77 bits per heavy atom. The molecule has 0 fully saturated rings. The molecule has 178 valence electrons. The molecule has 35 heavy (non-hydrogen) atoms. The molecular weight excluding hydrogens is 440 g/mol. The van der Waals surface area contributed by atoms with Gasteiger partial charge >= 0.3 is 0 Å². The molecule has 4 aromatic rings. The molecule has 7 nitrogen and oxygen atoms in total. The zero-order chi connectivity index (χ0) is 24.4. The van der Waals surface area contributed by atoms with Crippen molar-refractivity contribution in [2.45, 2.75) is 32.4 Å². The van der Waals surface area contributed by atoms with Crippen molar-refractivity contribution in [2.75, 3.05) is 18.6 Å². The highest BCUT2D eigenvalue weighted by Gasteiger charge is 2.25. The first-order valence-corrected chi connectivity index (χ1v) is 11.8. The van der Waals surface area contributed by atoms with Crippen LogP contribution in [0.25, 0.3) is 11.0 Å². The summed E-state index contributed by atoms with van der Waals surface area (Å²) in [4.78, 5) is 33.1. The molecule has 1 atom stereocenters. The third-order valence-electron chi connectivity index (χ3n) is 6.48. The van der Waals surface area contributed by atoms with Gasteiger partial charge in [0, 0.05) is 17.8 Å². The second kappa shape index (κ2) is 9.62. The number of aryl methyl sites for hydroxylation is 1. The maximum atomic E-state index is 13.5. The number of para-hydroxylation sites is 3. The molecule has 1 N–H and O–H groups in total. The van der Waals surface area contributed by atoms with E-state index in [0.29, 0.717) is 23.7 Å². The Kier molecular flexibility index (Phi) is 6.23. The Bertz CT molecular complexity index is 1380. The third-order valence-corrected chi connectivity index (χ3v) is 6.48. The number of rotatable bonds is 6. The van der Waals surface area contributed by atoms with Crippen molar-refractivity contribution in [1.29, 1.82) is 0 Å². The number of ether oxygens (including phenoxy) is 1. The number of hydrogen-bond donors (Lipinski definition) is 1. The summed E-state index contributed by atoms with van der Waals surface area (Å²) in [6.45, 7) is 2.73. The van der Waals surface area contributed by atoms with Gasteiger partial charge in [-0.1, -0.05) is 30.3 Å². The van der Waals surface area contributed by atoms with Crippen LogP contribution in [0.5, 0.6) is 5.75 Å². The van der Waals surface area contributed by atoms with E-state index in [1.807, 2.05) is 58.9 Å². The van der Waals surface area contributed by atoms with E-state index in [1.54, 1.807) is 31.4 Å². The Hall–Kier alpha value is -4.13. The maximum Gasteiger partial charge on any atom is 0.251 e. The van der Waals surface area contributed by atoms with Crippen molar-refractivity contribution in [3.63, 3.8) is 0 Å². The second-order valence-corrected chi connectivity index (χ2v) is 8.75. The molecule has 3 aromatic carbocycles. The summed E-state index contributed by atoms with van der Waals surface area (Å²) >= 11 is 0. The fraction of sp³-hybridized carbons (Fsp3) is 0.250. The largest absolute Gasteiger partial charge is 0.497 e. The fourth-order valence-corrected chi connectivity index (χ4v) is 4.69. The van der Waals surface area contributed by atoms with E-state index < -0.39 is 6.04 Å². The molecule has 2 heterocycles. The first-order valence-electron chi connectivity index (χ1n) is 11.8. The Morgan fingerprint density at radius 3 is 2.57 bits per heavy atom. The number of benzene rings is 3. The standard InChI is InChI=1S/C28H28N4O3/c1-19(29-28(34)21-13-15-22(35-2)16-14-21)27-30-23-10-4-6-12-25(23)32(27)18-26(33)31-17-7-9-20-8-3-5-11-24(20)31/h3-6,8,10-16,19H,7,9,17-18H2,1-2H3,(H,29,34). The maximum absolute atomic E-state index is 13.5. The second-order valence-electron chi connectivity index (χ2n) is 8.75. The molecule has 0 saturated carbocycles. The monoisotopic (exact) mass is 468 g/mol. The molecule has 1 unspecified atom stereocenters. The van der Waals surface area contributed by atoms with E-state index in [-0.39, 0.29) is 18.4 Å². The number of hydrogen-bond acceptors (Lipinski definition) is 4. The normalized spacial score (nSPS) is 13.8. The number of nitrogens with one attached hydrogen (secondary N) is 1. The topological polar surface area (TPSA) is 76.5 Å². The smallest absolute Gasteiger partial charge is 0.251 e. The van der Waals surface area contributed by atoms with Crippen LogP contribution in [0.4, 0.5) is 5.69 Å². The molecular formula is C28H28N4O3. The predicted octanol–water partition coefficient (Wildman–Crippen LogP) is 4.52. The number of amides is 2. The van der Waals surface area contributed by atoms with E-state index in [9.17, 15) is 9.59 Å². The number of aromatic nitrogens is 2. The minimum Gasteiger partial charge on any atom is -0.497 e. The van der Waals surface area contributed by atoms with Crippen molar-refractivity contribution in [3.8, 4) is 5.75 Å². The summed E-state index contributed by atoms with van der Waals surface area (Å²) in [5.41, 5.74) is 4.37. The van der Waals surface area contributed by atoms with Crippen molar-refractivity contribution in [3.05, 3.63) is 89.7 Å². The highest BCUT2D eigenvalue weighted by molar-refractivity contribution is 5.96. The average Bonchev–Trinajstić information content (AvgIpc) is 3.26. The van der Waals surface area contributed by atoms with E-state index in [2.05, 4.69) is 11.4 Å². The van der Waals surface area contributed by atoms with Crippen LogP contribution in [0, 0.1) is 0 Å². The lowest BCUT2D eigenvalue weighted by Gasteiger charge is -2.30. The third kappa shape index (κ3) is 4.49. The van der Waals surface area contributed by atoms with Gasteiger partial charge in [-0.25, -0.2) is 4.98 Å². The number of carbonyl (C=O) groups is 2. The summed E-state index contributed by atoms with van der Waals surface area (Å²) in [6.07, 6.45) is 1.92. The highest BCUT2D eigenvalue weighted by atomic mass is 16.5. The Balaban J connectivity index is 1.42. The van der Waals surface area contributed by atoms with Crippen LogP contribution in [-0.4, -0.2) is 35.0 Å². The van der Waals surface area contributed by atoms with Gasteiger partial charge in [0.1, 0.15) is 18.1 Å². The molecule has 0 spiro atoms. The lowest BCUT2D eigenvalue weighted by atomic mass is 10.0. The average molecular weight is 469 g/mol. The molecule has 5 rings (SSSR count). The molecule has 0 saturated heterocycles. The molecule has 0 bridgehead atoms. The lowest BCUT2D eigenvalue weighted by molar-refractivity contribution is -0.119. The molecule has 7 heteroatoms. The predicted molar refractivity (Wildman–Crippen MR) is 136 cm³/mol. The van der Waals surface area contributed by atoms with E-state index in [0.717, 1.165) is 29.6 Å². The zero-order valence-electron chi connectivity index (χ0n) is 19.9. The van der Waals surface area contributed by atoms with Crippen LogP contribution < -0.4 is 15.0 Å². The number of carbonyl (C=O) groups excluding carboxylic acids is 2. The van der Waals surface area contributed by atoms with E-state index >= 15 is 0 Å². The van der Waals surface area contributed by atoms with Gasteiger partial charge in [-0.3, -0.25) is 9.59 Å². The van der Waals surface area contributed by atoms with Gasteiger partial charge in [0.15, 0.2) is 0 Å². The van der Waals surface area contributed by atoms with Gasteiger partial charge in [-0.2, -0.15) is 0 Å². The minimum absolute atomic E-state index is 0.00948. The van der Waals surface area contributed by atoms with Gasteiger partial charge in [0.2, 0.25) is 5.91 Å². The first-order chi connectivity index (χ1) is 17.0. The quantitative estimate of drug-likeness (QED) is 0.452. The van der Waals surface area contributed by atoms with E-state index in [1.165, 1.54) is 5.56 Å². The molecule has 0 radical (unpaired) electrons. The summed E-state index contributed by atoms with van der Waals surface area (Å²) in [7, 11) is 1.59. The van der Waals surface area contributed by atoms with Gasteiger partial charge in [-0.15, -0.1) is 0 Å². The van der Waals surface area contributed by atoms with Crippen LogP contribution >= 0.6 is 0 Å². The number of fused-ring (bicyclic) bond motifs is 2. The fourth-order valence-electron chi connectivity index (χ4n) is 4.69. The van der Waals surface area contributed by atoms with Crippen LogP contribution in [0.15, 0.2) is 72.8 Å². The highest BCUT2D eigenvalue weighted by Crippen LogP contribution is 2.28. The number of methoxy groups -OCH3 is 1. The molecule has 1 aliphatic heterocycles. The van der Waals surface area contributed by atoms with Gasteiger partial charge in [0.25, 0.3) is 5.91 Å². The van der Waals surface area contributed by atoms with E-state index in [4.69, 9.17) is 9.72 Å². The van der Waals surface area contributed by atoms with Crippen LogP contribution in [0.1, 0.15) is 41.1 Å². The van der Waals surface area contributed by atoms with Crippen LogP contribution in [0.3, 0.4) is 0 Å². The molecule has 1 aliphatic rings. The van der Waals surface area contributed by atoms with Crippen LogP contribution in [0.2, 0.25) is 0 Å². The summed E-state index contributed by atoms with van der Waals surface area (Å²) < 4.78 is 7.10. The van der Waals surface area contributed by atoms with Crippen molar-refractivity contribution >= 4 is 28.5 Å². The number of nitrogens with zero attached hydrogens (tertiary/aromatic N) is 3. The van der Waals surface area contributed by atoms with Gasteiger partial charge < -0.3 is 19.5 Å². The molecule has 1 aromatic heterocycles. The zero-order valence-corrected chi connectivity index (χ0v) is 19.9. The first kappa shape index (κ1) is 22.7. The number of imidazole rings is 1. The van der Waals surface area contributed by atoms with Crippen molar-refractivity contribution in [1.82, 2.24) is 14.9 Å². The Labute approximate surface area is 204 Å². The van der Waals surface area contributed by atoms with Gasteiger partial charge in [-0.05, 0) is 67.8 Å². The lowest BCUT2D eigenvalue weighted by Crippen LogP contribution is -2.38. The molecule has 0 aliphatic carbocycles. The number of anilines is 1. The summed E-state index contributed by atoms with van der Waals surface area (Å²) in [5, 5.41) is 3.03. The minimum atomic E-state index is -0.404. The SMILES string of the molecule is COc1ccc(C(=O)NC(C)c2nc3ccccc3n2CC(=O)N2CCCc3ccccc32)cc1. The molecule has 2 amide bonds. The summed E-state index contributed by atoms with van der Waals surface area (Å²) in [6, 6.07) is 22.4. The summed E-state index contributed by atoms with van der Waals surface area (Å²) in [5.74, 6) is 1.13. The van der Waals surface area contributed by atoms with Gasteiger partial charge in [0.05, 0.1) is 24.2 Å².